The van der Waals surface area contributed by atoms with Gasteiger partial charge in [0.15, 0.2) is 6.10 Å². The minimum atomic E-state index is -1.13. The number of nitro groups is 1. The van der Waals surface area contributed by atoms with Gasteiger partial charge in [0.05, 0.1) is 10.5 Å². The number of nitro benzene ring substituents is 1. The van der Waals surface area contributed by atoms with Crippen molar-refractivity contribution in [3.63, 3.8) is 0 Å². The first-order valence-electron chi connectivity index (χ1n) is 9.39. The second-order valence-electron chi connectivity index (χ2n) is 7.18. The monoisotopic (exact) mass is 403 g/mol. The van der Waals surface area contributed by atoms with Crippen molar-refractivity contribution in [2.24, 2.45) is 0 Å². The lowest BCUT2D eigenvalue weighted by Gasteiger charge is -2.18. The van der Waals surface area contributed by atoms with Gasteiger partial charge in [-0.2, -0.15) is 0 Å². The highest BCUT2D eigenvalue weighted by atomic mass is 16.6. The highest BCUT2D eigenvalue weighted by molar-refractivity contribution is 6.02. The number of esters is 1. The molecular formula is C24H21NO5. The summed E-state index contributed by atoms with van der Waals surface area (Å²) in [5, 5.41) is 11.0. The number of rotatable bonds is 6. The van der Waals surface area contributed by atoms with E-state index in [1.165, 1.54) is 18.2 Å². The van der Waals surface area contributed by atoms with E-state index in [1.807, 2.05) is 38.1 Å². The molecule has 0 radical (unpaired) electrons. The average molecular weight is 403 g/mol. The van der Waals surface area contributed by atoms with Crippen LogP contribution in [0.1, 0.15) is 49.1 Å². The Morgan fingerprint density at radius 1 is 0.833 bits per heavy atom. The Balaban J connectivity index is 1.94. The molecule has 0 fully saturated rings. The van der Waals surface area contributed by atoms with E-state index < -0.39 is 17.0 Å². The van der Waals surface area contributed by atoms with Crippen LogP contribution in [0.15, 0.2) is 66.7 Å². The van der Waals surface area contributed by atoms with E-state index in [1.54, 1.807) is 31.2 Å². The third-order valence-corrected chi connectivity index (χ3v) is 4.81. The van der Waals surface area contributed by atoms with Gasteiger partial charge in [0.1, 0.15) is 0 Å². The molecule has 3 aromatic carbocycles. The molecule has 0 aliphatic heterocycles. The molecule has 0 saturated heterocycles. The van der Waals surface area contributed by atoms with E-state index >= 15 is 0 Å². The molecule has 6 heteroatoms. The van der Waals surface area contributed by atoms with Gasteiger partial charge in [-0.25, -0.2) is 4.79 Å². The molecule has 0 bridgehead atoms. The summed E-state index contributed by atoms with van der Waals surface area (Å²) in [7, 11) is 0. The Morgan fingerprint density at radius 3 is 1.90 bits per heavy atom. The van der Waals surface area contributed by atoms with Gasteiger partial charge in [-0.3, -0.25) is 14.9 Å². The number of Topliss-reactive ketones (excluding diaryl/α,β-unsaturated/α-hetero) is 1. The lowest BCUT2D eigenvalue weighted by molar-refractivity contribution is -0.385. The fraction of sp³-hybridized carbons (Fsp3) is 0.167. The van der Waals surface area contributed by atoms with Crippen molar-refractivity contribution in [1.82, 2.24) is 0 Å². The summed E-state index contributed by atoms with van der Waals surface area (Å²) in [5.74, 6) is -1.06. The van der Waals surface area contributed by atoms with Crippen LogP contribution in [0.25, 0.3) is 0 Å². The van der Waals surface area contributed by atoms with Gasteiger partial charge in [-0.05, 0) is 32.9 Å². The van der Waals surface area contributed by atoms with Crippen molar-refractivity contribution < 1.29 is 19.2 Å². The number of hydrogen-bond donors (Lipinski definition) is 0. The fourth-order valence-corrected chi connectivity index (χ4v) is 3.05. The van der Waals surface area contributed by atoms with Crippen LogP contribution in [0.4, 0.5) is 5.69 Å². The molecule has 0 unspecified atom stereocenters. The number of aryl methyl sites for hydroxylation is 3. The van der Waals surface area contributed by atoms with Gasteiger partial charge in [0, 0.05) is 22.8 Å². The van der Waals surface area contributed by atoms with Crippen LogP contribution in [-0.4, -0.2) is 16.7 Å². The summed E-state index contributed by atoms with van der Waals surface area (Å²) in [6.07, 6.45) is -1.13. The van der Waals surface area contributed by atoms with E-state index in [-0.39, 0.29) is 17.0 Å². The Labute approximate surface area is 174 Å². The van der Waals surface area contributed by atoms with Crippen LogP contribution < -0.4 is 0 Å². The summed E-state index contributed by atoms with van der Waals surface area (Å²) in [6.45, 7) is 5.39. The van der Waals surface area contributed by atoms with Crippen LogP contribution >= 0.6 is 0 Å². The maximum absolute atomic E-state index is 13.2. The quantitative estimate of drug-likeness (QED) is 0.241. The van der Waals surface area contributed by atoms with Crippen molar-refractivity contribution in [1.29, 1.82) is 0 Å². The zero-order chi connectivity index (χ0) is 21.8. The normalized spacial score (nSPS) is 11.6. The van der Waals surface area contributed by atoms with Crippen LogP contribution in [0.5, 0.6) is 0 Å². The van der Waals surface area contributed by atoms with Gasteiger partial charge in [0.25, 0.3) is 5.69 Å². The van der Waals surface area contributed by atoms with E-state index in [0.29, 0.717) is 16.7 Å². The smallest absolute Gasteiger partial charge is 0.339 e. The van der Waals surface area contributed by atoms with Crippen LogP contribution in [0.3, 0.4) is 0 Å². The molecular weight excluding hydrogens is 382 g/mol. The molecule has 0 aliphatic rings. The summed E-state index contributed by atoms with van der Waals surface area (Å²) in [4.78, 5) is 36.4. The maximum atomic E-state index is 13.2. The highest BCUT2D eigenvalue weighted by Gasteiger charge is 2.27. The summed E-state index contributed by atoms with van der Waals surface area (Å²) in [5.41, 5.74) is 3.40. The van der Waals surface area contributed by atoms with Crippen LogP contribution in [0, 0.1) is 30.9 Å². The van der Waals surface area contributed by atoms with Gasteiger partial charge >= 0.3 is 5.97 Å². The number of carbonyl (C=O) groups excluding carboxylic acids is 2. The Kier molecular flexibility index (Phi) is 6.06. The van der Waals surface area contributed by atoms with Crippen molar-refractivity contribution in [3.05, 3.63) is 110 Å². The van der Waals surface area contributed by atoms with Gasteiger partial charge < -0.3 is 4.74 Å². The largest absolute Gasteiger partial charge is 0.445 e. The predicted octanol–water partition coefficient (Wildman–Crippen LogP) is 5.30. The number of ether oxygens (including phenoxy) is 1. The Hall–Kier alpha value is -3.80. The first kappa shape index (κ1) is 20.9. The molecule has 152 valence electrons. The minimum Gasteiger partial charge on any atom is -0.445 e. The van der Waals surface area contributed by atoms with Crippen molar-refractivity contribution in [3.8, 4) is 0 Å². The Bertz CT molecular complexity index is 1100. The number of carbonyl (C=O) groups is 2. The van der Waals surface area contributed by atoms with Gasteiger partial charge in [0.2, 0.25) is 5.78 Å². The lowest BCUT2D eigenvalue weighted by atomic mass is 9.98. The number of hydrogen-bond acceptors (Lipinski definition) is 5. The predicted molar refractivity (Wildman–Crippen MR) is 113 cm³/mol. The molecule has 0 aromatic heterocycles. The molecule has 0 N–H and O–H groups in total. The Morgan fingerprint density at radius 2 is 1.37 bits per heavy atom. The van der Waals surface area contributed by atoms with Crippen LogP contribution in [-0.2, 0) is 4.74 Å². The molecule has 0 heterocycles. The molecule has 0 aliphatic carbocycles. The first-order valence-corrected chi connectivity index (χ1v) is 9.39. The SMILES string of the molecule is Cc1ccc(C(=O)[C@H](OC(=O)c2ccc([N+](=O)[O-])c(C)c2)c2ccc(C)cc2)cc1. The van der Waals surface area contributed by atoms with Crippen LogP contribution in [0.2, 0.25) is 0 Å². The second-order valence-corrected chi connectivity index (χ2v) is 7.18. The zero-order valence-electron chi connectivity index (χ0n) is 16.9. The van der Waals surface area contributed by atoms with Crippen molar-refractivity contribution in [2.45, 2.75) is 26.9 Å². The van der Waals surface area contributed by atoms with E-state index in [9.17, 15) is 19.7 Å². The molecule has 0 amide bonds. The number of nitrogens with zero attached hydrogens (tertiary/aromatic N) is 1. The topological polar surface area (TPSA) is 86.5 Å². The third-order valence-electron chi connectivity index (χ3n) is 4.81. The molecule has 0 spiro atoms. The molecule has 30 heavy (non-hydrogen) atoms. The standard InChI is InChI=1S/C24H21NO5/c1-15-4-8-18(9-5-15)22(26)23(19-10-6-16(2)7-11-19)30-24(27)20-12-13-21(25(28)29)17(3)14-20/h4-14,23H,1-3H3/t23-/m1/s1. The fourth-order valence-electron chi connectivity index (χ4n) is 3.05. The summed E-state index contributed by atoms with van der Waals surface area (Å²) >= 11 is 0. The van der Waals surface area contributed by atoms with Crippen molar-refractivity contribution in [2.75, 3.05) is 0 Å². The highest BCUT2D eigenvalue weighted by Crippen LogP contribution is 2.26. The molecule has 0 saturated carbocycles. The summed E-state index contributed by atoms with van der Waals surface area (Å²) < 4.78 is 5.61. The zero-order valence-corrected chi connectivity index (χ0v) is 16.9. The maximum Gasteiger partial charge on any atom is 0.339 e. The number of ketones is 1. The van der Waals surface area contributed by atoms with Gasteiger partial charge in [-0.1, -0.05) is 59.7 Å². The minimum absolute atomic E-state index is 0.0858. The van der Waals surface area contributed by atoms with E-state index in [4.69, 9.17) is 4.74 Å². The number of benzene rings is 3. The van der Waals surface area contributed by atoms with Crippen molar-refractivity contribution >= 4 is 17.4 Å². The third kappa shape index (κ3) is 4.60. The second kappa shape index (κ2) is 8.69. The molecule has 1 atom stereocenters. The first-order chi connectivity index (χ1) is 14.3. The van der Waals surface area contributed by atoms with E-state index in [0.717, 1.165) is 11.1 Å². The molecule has 6 nitrogen and oxygen atoms in total. The molecule has 3 aromatic rings. The summed E-state index contributed by atoms with van der Waals surface area (Å²) in [6, 6.07) is 18.2. The lowest BCUT2D eigenvalue weighted by Crippen LogP contribution is -2.20. The van der Waals surface area contributed by atoms with E-state index in [2.05, 4.69) is 0 Å². The average Bonchev–Trinajstić information content (AvgIpc) is 2.72. The van der Waals surface area contributed by atoms with Gasteiger partial charge in [-0.15, -0.1) is 0 Å². The molecule has 3 rings (SSSR count).